The SMILES string of the molecule is CO/N=C(\C)[C@H]1CC[C@H]2[C@@H]3CC[C@@H]4C[C@H](O[Si](C)(C)C)CC[C@]4(C)[C@H]3CC[C@]12C. The van der Waals surface area contributed by atoms with Gasteiger partial charge in [0.25, 0.3) is 0 Å². The van der Waals surface area contributed by atoms with Crippen LogP contribution in [0.5, 0.6) is 0 Å². The van der Waals surface area contributed by atoms with Crippen molar-refractivity contribution in [1.82, 2.24) is 0 Å². The second-order valence-electron chi connectivity index (χ2n) is 12.4. The zero-order valence-electron chi connectivity index (χ0n) is 20.1. The van der Waals surface area contributed by atoms with E-state index in [-0.39, 0.29) is 0 Å². The van der Waals surface area contributed by atoms with Crippen molar-refractivity contribution in [3.63, 3.8) is 0 Å². The van der Waals surface area contributed by atoms with Gasteiger partial charge in [0.05, 0.1) is 5.71 Å². The first kappa shape index (κ1) is 21.9. The number of nitrogens with zero attached hydrogens (tertiary/aromatic N) is 1. The molecule has 0 saturated heterocycles. The van der Waals surface area contributed by atoms with Gasteiger partial charge in [0.15, 0.2) is 8.32 Å². The van der Waals surface area contributed by atoms with E-state index in [1.807, 2.05) is 0 Å². The van der Waals surface area contributed by atoms with E-state index in [0.29, 0.717) is 22.9 Å². The summed E-state index contributed by atoms with van der Waals surface area (Å²) in [5.74, 6) is 4.27. The third-order valence-corrected chi connectivity index (χ3v) is 10.9. The maximum absolute atomic E-state index is 6.57. The molecule has 4 fully saturated rings. The highest BCUT2D eigenvalue weighted by Crippen LogP contribution is 2.67. The molecule has 3 nitrogen and oxygen atoms in total. The molecular weight excluding hydrogens is 374 g/mol. The summed E-state index contributed by atoms with van der Waals surface area (Å²) in [6.45, 7) is 14.5. The Morgan fingerprint density at radius 3 is 2.28 bits per heavy atom. The zero-order chi connectivity index (χ0) is 21.0. The first-order valence-corrected chi connectivity index (χ1v) is 15.7. The van der Waals surface area contributed by atoms with E-state index >= 15 is 0 Å². The maximum Gasteiger partial charge on any atom is 0.184 e. The highest BCUT2D eigenvalue weighted by atomic mass is 28.4. The van der Waals surface area contributed by atoms with E-state index in [1.165, 1.54) is 63.5 Å². The van der Waals surface area contributed by atoms with Crippen molar-refractivity contribution >= 4 is 14.0 Å². The predicted octanol–water partition coefficient (Wildman–Crippen LogP) is 6.89. The average Bonchev–Trinajstić information content (AvgIpc) is 2.98. The maximum atomic E-state index is 6.57. The number of hydrogen-bond donors (Lipinski definition) is 0. The minimum absolute atomic E-state index is 0.439. The number of hydrogen-bond acceptors (Lipinski definition) is 3. The normalized spacial score (nSPS) is 47.9. The topological polar surface area (TPSA) is 30.8 Å². The second kappa shape index (κ2) is 7.65. The molecule has 166 valence electrons. The molecule has 0 N–H and O–H groups in total. The molecule has 4 rings (SSSR count). The Kier molecular flexibility index (Phi) is 5.77. The highest BCUT2D eigenvalue weighted by molar-refractivity contribution is 6.69. The molecule has 0 radical (unpaired) electrons. The molecule has 0 aliphatic heterocycles. The van der Waals surface area contributed by atoms with E-state index < -0.39 is 8.32 Å². The summed E-state index contributed by atoms with van der Waals surface area (Å²) in [5, 5.41) is 4.37. The van der Waals surface area contributed by atoms with Crippen molar-refractivity contribution < 1.29 is 9.26 Å². The van der Waals surface area contributed by atoms with Crippen LogP contribution in [0.4, 0.5) is 0 Å². The lowest BCUT2D eigenvalue weighted by Gasteiger charge is -2.61. The molecule has 4 heteroatoms. The van der Waals surface area contributed by atoms with Gasteiger partial charge >= 0.3 is 0 Å². The zero-order valence-corrected chi connectivity index (χ0v) is 21.1. The van der Waals surface area contributed by atoms with Gasteiger partial charge in [0, 0.05) is 12.0 Å². The minimum atomic E-state index is -1.43. The fourth-order valence-corrected chi connectivity index (χ4v) is 9.93. The Balaban J connectivity index is 1.51. The Hall–Kier alpha value is -0.353. The van der Waals surface area contributed by atoms with E-state index in [1.54, 1.807) is 7.11 Å². The smallest absolute Gasteiger partial charge is 0.184 e. The summed E-state index contributed by atoms with van der Waals surface area (Å²) in [4.78, 5) is 5.16. The van der Waals surface area contributed by atoms with Gasteiger partial charge in [-0.1, -0.05) is 19.0 Å². The fraction of sp³-hybridized carbons (Fsp3) is 0.960. The molecule has 0 amide bonds. The van der Waals surface area contributed by atoms with Crippen LogP contribution in [0.2, 0.25) is 19.6 Å². The van der Waals surface area contributed by atoms with Crippen LogP contribution in [-0.2, 0) is 9.26 Å². The molecule has 8 atom stereocenters. The third-order valence-electron chi connectivity index (χ3n) is 9.88. The third kappa shape index (κ3) is 3.75. The fourth-order valence-electron chi connectivity index (χ4n) is 8.72. The molecule has 0 aromatic rings. The molecule has 4 saturated carbocycles. The largest absolute Gasteiger partial charge is 0.415 e. The van der Waals surface area contributed by atoms with Gasteiger partial charge in [-0.2, -0.15) is 0 Å². The molecule has 0 aromatic heterocycles. The summed E-state index contributed by atoms with van der Waals surface area (Å²) < 4.78 is 6.57. The number of rotatable bonds is 4. The molecular formula is C25H45NO2Si. The molecule has 4 aliphatic rings. The summed E-state index contributed by atoms with van der Waals surface area (Å²) in [5.41, 5.74) is 2.23. The minimum Gasteiger partial charge on any atom is -0.415 e. The molecule has 4 aliphatic carbocycles. The lowest BCUT2D eigenvalue weighted by molar-refractivity contribution is -0.121. The van der Waals surface area contributed by atoms with Crippen molar-refractivity contribution in [2.45, 2.75) is 104 Å². The van der Waals surface area contributed by atoms with Crippen molar-refractivity contribution in [3.8, 4) is 0 Å². The van der Waals surface area contributed by atoms with Crippen LogP contribution >= 0.6 is 0 Å². The average molecular weight is 420 g/mol. The van der Waals surface area contributed by atoms with Crippen molar-refractivity contribution in [3.05, 3.63) is 0 Å². The van der Waals surface area contributed by atoms with Crippen LogP contribution in [-0.4, -0.2) is 27.2 Å². The molecule has 0 aromatic carbocycles. The first-order chi connectivity index (χ1) is 13.6. The van der Waals surface area contributed by atoms with Crippen LogP contribution < -0.4 is 0 Å². The Morgan fingerprint density at radius 1 is 0.897 bits per heavy atom. The van der Waals surface area contributed by atoms with Gasteiger partial charge in [-0.15, -0.1) is 0 Å². The molecule has 0 heterocycles. The van der Waals surface area contributed by atoms with Gasteiger partial charge in [-0.25, -0.2) is 0 Å². The van der Waals surface area contributed by atoms with Crippen LogP contribution in [0.15, 0.2) is 5.16 Å². The van der Waals surface area contributed by atoms with Crippen LogP contribution in [0.25, 0.3) is 0 Å². The number of oxime groups is 1. The Bertz CT molecular complexity index is 643. The highest BCUT2D eigenvalue weighted by Gasteiger charge is 2.60. The van der Waals surface area contributed by atoms with Gasteiger partial charge < -0.3 is 9.26 Å². The van der Waals surface area contributed by atoms with E-state index in [2.05, 4.69) is 45.6 Å². The number of fused-ring (bicyclic) bond motifs is 5. The molecule has 0 spiro atoms. The summed E-state index contributed by atoms with van der Waals surface area (Å²) >= 11 is 0. The van der Waals surface area contributed by atoms with E-state index in [0.717, 1.165) is 23.7 Å². The Labute approximate surface area is 180 Å². The lowest BCUT2D eigenvalue weighted by Crippen LogP contribution is -2.54. The van der Waals surface area contributed by atoms with Gasteiger partial charge in [-0.3, -0.25) is 0 Å². The van der Waals surface area contributed by atoms with Crippen molar-refractivity contribution in [2.75, 3.05) is 7.11 Å². The van der Waals surface area contributed by atoms with Crippen LogP contribution in [0, 0.1) is 40.4 Å². The summed E-state index contributed by atoms with van der Waals surface area (Å²) in [6, 6.07) is 0. The first-order valence-electron chi connectivity index (χ1n) is 12.3. The second-order valence-corrected chi connectivity index (χ2v) is 16.8. The monoisotopic (exact) mass is 419 g/mol. The van der Waals surface area contributed by atoms with Gasteiger partial charge in [0.1, 0.15) is 7.11 Å². The van der Waals surface area contributed by atoms with Gasteiger partial charge in [0.2, 0.25) is 0 Å². The molecule has 29 heavy (non-hydrogen) atoms. The lowest BCUT2D eigenvalue weighted by atomic mass is 9.44. The summed E-state index contributed by atoms with van der Waals surface area (Å²) in [7, 11) is 0.259. The van der Waals surface area contributed by atoms with Gasteiger partial charge in [-0.05, 0) is 119 Å². The predicted molar refractivity (Wildman–Crippen MR) is 124 cm³/mol. The van der Waals surface area contributed by atoms with E-state index in [9.17, 15) is 0 Å². The molecule has 0 unspecified atom stereocenters. The standard InChI is InChI=1S/C25H45NO2Si/c1-17(26-27-4)21-10-11-22-20-9-8-18-16-19(28-29(5,6)7)12-14-24(18,2)23(20)13-15-25(21,22)3/h18-23H,8-16H2,1-7H3/b26-17+/t18-,19-,20+,21-,22+,23+,24+,25-/m1/s1. The molecule has 0 bridgehead atoms. The van der Waals surface area contributed by atoms with E-state index in [4.69, 9.17) is 9.26 Å². The van der Waals surface area contributed by atoms with Crippen LogP contribution in [0.1, 0.15) is 78.6 Å². The Morgan fingerprint density at radius 2 is 1.59 bits per heavy atom. The van der Waals surface area contributed by atoms with Crippen molar-refractivity contribution in [2.24, 2.45) is 45.6 Å². The summed E-state index contributed by atoms with van der Waals surface area (Å²) in [6.07, 6.45) is 13.0. The quantitative estimate of drug-likeness (QED) is 0.282. The van der Waals surface area contributed by atoms with Crippen LogP contribution in [0.3, 0.4) is 0 Å². The van der Waals surface area contributed by atoms with Crippen molar-refractivity contribution in [1.29, 1.82) is 0 Å².